The normalized spacial score (nSPS) is 10.3. The first-order valence-corrected chi connectivity index (χ1v) is 7.12. The lowest BCUT2D eigenvalue weighted by molar-refractivity contribution is 0.507. The van der Waals surface area contributed by atoms with E-state index in [0.29, 0.717) is 0 Å². The third-order valence-corrected chi connectivity index (χ3v) is 3.68. The molecular formula is C16H19O2P. The molecule has 0 bridgehead atoms. The highest BCUT2D eigenvalue weighted by Gasteiger charge is 2.06. The van der Waals surface area contributed by atoms with E-state index in [-0.39, 0.29) is 9.03 Å². The highest BCUT2D eigenvalue weighted by atomic mass is 31.1. The molecule has 0 heterocycles. The Balaban J connectivity index is 2.05. The second kappa shape index (κ2) is 6.08. The summed E-state index contributed by atoms with van der Waals surface area (Å²) < 4.78 is 11.6. The van der Waals surface area contributed by atoms with Crippen LogP contribution < -0.4 is 9.05 Å². The quantitative estimate of drug-likeness (QED) is 0.739. The Labute approximate surface area is 116 Å². The number of rotatable bonds is 4. The topological polar surface area (TPSA) is 18.5 Å². The molecule has 2 nitrogen and oxygen atoms in total. The summed E-state index contributed by atoms with van der Waals surface area (Å²) in [5.41, 5.74) is 4.55. The van der Waals surface area contributed by atoms with Crippen molar-refractivity contribution >= 4 is 9.03 Å². The monoisotopic (exact) mass is 274 g/mol. The van der Waals surface area contributed by atoms with Gasteiger partial charge in [-0.15, -0.1) is 0 Å². The van der Waals surface area contributed by atoms with Crippen molar-refractivity contribution in [2.24, 2.45) is 0 Å². The maximum atomic E-state index is 5.79. The van der Waals surface area contributed by atoms with Crippen LogP contribution in [0.1, 0.15) is 22.3 Å². The summed E-state index contributed by atoms with van der Waals surface area (Å²) in [5, 5.41) is 0. The fraction of sp³-hybridized carbons (Fsp3) is 0.250. The molecule has 2 rings (SSSR count). The second-order valence-electron chi connectivity index (χ2n) is 4.73. The van der Waals surface area contributed by atoms with Gasteiger partial charge in [-0.25, -0.2) is 0 Å². The van der Waals surface area contributed by atoms with Gasteiger partial charge < -0.3 is 9.05 Å². The van der Waals surface area contributed by atoms with Crippen molar-refractivity contribution in [3.8, 4) is 11.5 Å². The molecule has 0 aliphatic rings. The van der Waals surface area contributed by atoms with Crippen LogP contribution >= 0.6 is 9.03 Å². The summed E-state index contributed by atoms with van der Waals surface area (Å²) in [6.45, 7) is 8.19. The fourth-order valence-electron chi connectivity index (χ4n) is 2.02. The highest BCUT2D eigenvalue weighted by Crippen LogP contribution is 2.32. The van der Waals surface area contributed by atoms with Gasteiger partial charge in [0, 0.05) is 0 Å². The number of aryl methyl sites for hydroxylation is 4. The average molecular weight is 274 g/mol. The molecular weight excluding hydrogens is 255 g/mol. The molecule has 100 valence electrons. The molecule has 0 radical (unpaired) electrons. The van der Waals surface area contributed by atoms with E-state index in [1.165, 1.54) is 0 Å². The summed E-state index contributed by atoms with van der Waals surface area (Å²) in [7, 11) is -0.0273. The molecule has 0 aliphatic heterocycles. The van der Waals surface area contributed by atoms with Gasteiger partial charge in [0.25, 0.3) is 9.03 Å². The predicted molar refractivity (Wildman–Crippen MR) is 81.4 cm³/mol. The summed E-state index contributed by atoms with van der Waals surface area (Å²) in [6.07, 6.45) is 0. The molecule has 0 saturated heterocycles. The second-order valence-corrected chi connectivity index (χ2v) is 5.30. The zero-order valence-electron chi connectivity index (χ0n) is 11.8. The molecule has 19 heavy (non-hydrogen) atoms. The molecule has 2 aromatic rings. The minimum atomic E-state index is -0.0273. The van der Waals surface area contributed by atoms with Crippen molar-refractivity contribution < 1.29 is 9.05 Å². The van der Waals surface area contributed by atoms with Crippen LogP contribution in [-0.4, -0.2) is 0 Å². The van der Waals surface area contributed by atoms with Crippen LogP contribution in [0.5, 0.6) is 11.5 Å². The van der Waals surface area contributed by atoms with Gasteiger partial charge in [-0.2, -0.15) is 0 Å². The molecule has 0 atom stereocenters. The van der Waals surface area contributed by atoms with Gasteiger partial charge in [-0.1, -0.05) is 36.4 Å². The van der Waals surface area contributed by atoms with E-state index in [9.17, 15) is 0 Å². The van der Waals surface area contributed by atoms with E-state index in [0.717, 1.165) is 33.8 Å². The SMILES string of the molecule is Cc1cccc(C)c1OPOc1c(C)cccc1C. The van der Waals surface area contributed by atoms with E-state index in [2.05, 4.69) is 0 Å². The van der Waals surface area contributed by atoms with Crippen LogP contribution in [0.3, 0.4) is 0 Å². The number of benzene rings is 2. The summed E-state index contributed by atoms with van der Waals surface area (Å²) in [4.78, 5) is 0. The van der Waals surface area contributed by atoms with Crippen LogP contribution in [0.15, 0.2) is 36.4 Å². The van der Waals surface area contributed by atoms with Gasteiger partial charge in [0.2, 0.25) is 0 Å². The molecule has 0 aromatic heterocycles. The third-order valence-electron chi connectivity index (χ3n) is 3.10. The van der Waals surface area contributed by atoms with Crippen LogP contribution in [0.25, 0.3) is 0 Å². The maximum absolute atomic E-state index is 5.79. The Kier molecular flexibility index (Phi) is 4.44. The smallest absolute Gasteiger partial charge is 0.275 e. The minimum absolute atomic E-state index is 0.0273. The van der Waals surface area contributed by atoms with E-state index in [4.69, 9.17) is 9.05 Å². The van der Waals surface area contributed by atoms with Crippen molar-refractivity contribution in [3.05, 3.63) is 58.7 Å². The lowest BCUT2D eigenvalue weighted by atomic mass is 10.1. The van der Waals surface area contributed by atoms with Crippen molar-refractivity contribution in [1.29, 1.82) is 0 Å². The first-order valence-electron chi connectivity index (χ1n) is 6.30. The van der Waals surface area contributed by atoms with Gasteiger partial charge in [0.1, 0.15) is 11.5 Å². The minimum Gasteiger partial charge on any atom is -0.440 e. The van der Waals surface area contributed by atoms with Gasteiger partial charge in [-0.3, -0.25) is 0 Å². The average Bonchev–Trinajstić information content (AvgIpc) is 2.36. The van der Waals surface area contributed by atoms with E-state index >= 15 is 0 Å². The van der Waals surface area contributed by atoms with Crippen LogP contribution in [0, 0.1) is 27.7 Å². The largest absolute Gasteiger partial charge is 0.440 e. The third kappa shape index (κ3) is 3.27. The van der Waals surface area contributed by atoms with Crippen molar-refractivity contribution in [2.45, 2.75) is 27.7 Å². The summed E-state index contributed by atoms with van der Waals surface area (Å²) in [6, 6.07) is 12.3. The first kappa shape index (κ1) is 13.9. The summed E-state index contributed by atoms with van der Waals surface area (Å²) in [5.74, 6) is 1.85. The molecule has 0 amide bonds. The van der Waals surface area contributed by atoms with Crippen LogP contribution in [0.4, 0.5) is 0 Å². The summed E-state index contributed by atoms with van der Waals surface area (Å²) >= 11 is 0. The zero-order chi connectivity index (χ0) is 13.8. The molecule has 0 fully saturated rings. The molecule has 3 heteroatoms. The van der Waals surface area contributed by atoms with Crippen LogP contribution in [-0.2, 0) is 0 Å². The Morgan fingerprint density at radius 3 is 1.26 bits per heavy atom. The Bertz CT molecular complexity index is 487. The fourth-order valence-corrected chi connectivity index (χ4v) is 2.88. The molecule has 0 aliphatic carbocycles. The molecule has 0 N–H and O–H groups in total. The van der Waals surface area contributed by atoms with E-state index in [1.807, 2.05) is 64.1 Å². The lowest BCUT2D eigenvalue weighted by Gasteiger charge is -2.14. The molecule has 0 saturated carbocycles. The maximum Gasteiger partial charge on any atom is 0.275 e. The van der Waals surface area contributed by atoms with Crippen molar-refractivity contribution in [2.75, 3.05) is 0 Å². The molecule has 2 aromatic carbocycles. The van der Waals surface area contributed by atoms with E-state index < -0.39 is 0 Å². The lowest BCUT2D eigenvalue weighted by Crippen LogP contribution is -1.93. The van der Waals surface area contributed by atoms with Crippen molar-refractivity contribution in [3.63, 3.8) is 0 Å². The van der Waals surface area contributed by atoms with Gasteiger partial charge in [0.15, 0.2) is 0 Å². The Hall–Kier alpha value is -1.53. The predicted octanol–water partition coefficient (Wildman–Crippen LogP) is 4.89. The standard InChI is InChI=1S/C16H19O2P/c1-11-7-5-8-12(2)15(11)17-19-18-16-13(3)9-6-10-14(16)4/h5-10,19H,1-4H3. The van der Waals surface area contributed by atoms with Crippen molar-refractivity contribution in [1.82, 2.24) is 0 Å². The number of hydrogen-bond acceptors (Lipinski definition) is 2. The Morgan fingerprint density at radius 1 is 0.632 bits per heavy atom. The van der Waals surface area contributed by atoms with Gasteiger partial charge in [0.05, 0.1) is 0 Å². The highest BCUT2D eigenvalue weighted by molar-refractivity contribution is 7.27. The van der Waals surface area contributed by atoms with Gasteiger partial charge >= 0.3 is 0 Å². The number of para-hydroxylation sites is 2. The molecule has 0 spiro atoms. The number of hydrogen-bond donors (Lipinski definition) is 0. The first-order chi connectivity index (χ1) is 9.09. The molecule has 0 unspecified atom stereocenters. The van der Waals surface area contributed by atoms with Crippen LogP contribution in [0.2, 0.25) is 0 Å². The van der Waals surface area contributed by atoms with Gasteiger partial charge in [-0.05, 0) is 49.9 Å². The zero-order valence-corrected chi connectivity index (χ0v) is 12.8. The Morgan fingerprint density at radius 2 is 0.947 bits per heavy atom. The van der Waals surface area contributed by atoms with E-state index in [1.54, 1.807) is 0 Å².